The first-order chi connectivity index (χ1) is 15.6. The van der Waals surface area contributed by atoms with E-state index < -0.39 is 11.7 Å². The Morgan fingerprint density at radius 2 is 1.73 bits per heavy atom. The Hall–Kier alpha value is -3.62. The van der Waals surface area contributed by atoms with E-state index in [1.807, 2.05) is 13.8 Å². The van der Waals surface area contributed by atoms with Crippen molar-refractivity contribution in [3.63, 3.8) is 0 Å². The molecule has 4 aromatic rings. The average molecular weight is 457 g/mol. The molecule has 0 aliphatic rings. The monoisotopic (exact) mass is 457 g/mol. The van der Waals surface area contributed by atoms with Crippen LogP contribution in [0, 0.1) is 26.6 Å². The van der Waals surface area contributed by atoms with Gasteiger partial charge in [-0.05, 0) is 62.6 Å². The molecule has 4 rings (SSSR count). The van der Waals surface area contributed by atoms with Crippen LogP contribution in [-0.4, -0.2) is 21.5 Å². The average Bonchev–Trinajstić information content (AvgIpc) is 3.07. The van der Waals surface area contributed by atoms with E-state index in [1.165, 1.54) is 12.1 Å². The lowest BCUT2D eigenvalue weighted by Gasteiger charge is -2.12. The minimum atomic E-state index is -4.42. The lowest BCUT2D eigenvalue weighted by atomic mass is 10.0. The van der Waals surface area contributed by atoms with Gasteiger partial charge in [0.15, 0.2) is 0 Å². The van der Waals surface area contributed by atoms with Gasteiger partial charge < -0.3 is 15.6 Å². The third-order valence-corrected chi connectivity index (χ3v) is 5.41. The van der Waals surface area contributed by atoms with Gasteiger partial charge in [-0.15, -0.1) is 0 Å². The molecule has 0 spiro atoms. The molecule has 0 saturated carbocycles. The zero-order chi connectivity index (χ0) is 23.8. The van der Waals surface area contributed by atoms with E-state index in [-0.39, 0.29) is 11.5 Å². The number of H-pyrrole nitrogens is 1. The van der Waals surface area contributed by atoms with E-state index in [0.717, 1.165) is 34.3 Å². The van der Waals surface area contributed by atoms with Crippen molar-refractivity contribution < 1.29 is 17.6 Å². The molecule has 0 atom stereocenters. The molecule has 5 nitrogen and oxygen atoms in total. The van der Waals surface area contributed by atoms with Gasteiger partial charge in [-0.1, -0.05) is 12.1 Å². The van der Waals surface area contributed by atoms with Crippen LogP contribution in [0.4, 0.5) is 34.9 Å². The van der Waals surface area contributed by atoms with Crippen molar-refractivity contribution in [1.29, 1.82) is 0 Å². The van der Waals surface area contributed by atoms with Gasteiger partial charge in [0.05, 0.1) is 11.1 Å². The molecular formula is C24H23F4N5. The Balaban J connectivity index is 1.49. The van der Waals surface area contributed by atoms with Gasteiger partial charge in [-0.3, -0.25) is 0 Å². The van der Waals surface area contributed by atoms with Crippen molar-refractivity contribution in [1.82, 2.24) is 15.0 Å². The third kappa shape index (κ3) is 4.92. The zero-order valence-corrected chi connectivity index (χ0v) is 18.4. The van der Waals surface area contributed by atoms with Crippen molar-refractivity contribution in [3.8, 4) is 0 Å². The minimum absolute atomic E-state index is 0.279. The molecule has 0 aliphatic carbocycles. The topological polar surface area (TPSA) is 65.6 Å². The minimum Gasteiger partial charge on any atom is -0.370 e. The van der Waals surface area contributed by atoms with E-state index in [1.54, 1.807) is 25.1 Å². The number of halogens is 4. The Kier molecular flexibility index (Phi) is 5.97. The molecule has 2 aromatic carbocycles. The molecular weight excluding hydrogens is 434 g/mol. The highest BCUT2D eigenvalue weighted by Gasteiger charge is 2.30. The molecule has 0 radical (unpaired) electrons. The van der Waals surface area contributed by atoms with Gasteiger partial charge in [0.1, 0.15) is 23.3 Å². The van der Waals surface area contributed by atoms with Gasteiger partial charge in [-0.2, -0.15) is 13.2 Å². The van der Waals surface area contributed by atoms with Crippen LogP contribution >= 0.6 is 0 Å². The summed E-state index contributed by atoms with van der Waals surface area (Å²) in [5.74, 6) is 1.10. The number of fused-ring (bicyclic) bond motifs is 1. The Morgan fingerprint density at radius 1 is 0.970 bits per heavy atom. The Morgan fingerprint density at radius 3 is 2.48 bits per heavy atom. The molecule has 9 heteroatoms. The molecule has 33 heavy (non-hydrogen) atoms. The van der Waals surface area contributed by atoms with Crippen molar-refractivity contribution in [2.24, 2.45) is 0 Å². The first kappa shape index (κ1) is 22.6. The van der Waals surface area contributed by atoms with Crippen LogP contribution in [0.25, 0.3) is 10.9 Å². The maximum atomic E-state index is 14.2. The number of aromatic amines is 1. The van der Waals surface area contributed by atoms with Crippen LogP contribution in [0.2, 0.25) is 0 Å². The summed E-state index contributed by atoms with van der Waals surface area (Å²) in [5.41, 5.74) is 2.98. The fourth-order valence-corrected chi connectivity index (χ4v) is 3.91. The smallest absolute Gasteiger partial charge is 0.370 e. The Labute approximate surface area is 188 Å². The standard InChI is InChI=1S/C24H23F4N5/c1-13-7-8-19(25)23-22(13)18(14(2)30-23)9-10-29-20-12-21(32-15(3)31-20)33-17-6-4-5-16(11-17)24(26,27)28/h4-8,11-12,30H,9-10H2,1-3H3,(H2,29,31,32,33). The SMILES string of the molecule is Cc1nc(NCCc2c(C)[nH]c3c(F)ccc(C)c23)cc(Nc2cccc(C(F)(F)F)c2)n1. The lowest BCUT2D eigenvalue weighted by molar-refractivity contribution is -0.137. The van der Waals surface area contributed by atoms with E-state index in [4.69, 9.17) is 0 Å². The lowest BCUT2D eigenvalue weighted by Crippen LogP contribution is -2.09. The van der Waals surface area contributed by atoms with Gasteiger partial charge >= 0.3 is 6.18 Å². The molecule has 2 aromatic heterocycles. The number of benzene rings is 2. The maximum absolute atomic E-state index is 14.2. The van der Waals surface area contributed by atoms with E-state index >= 15 is 0 Å². The third-order valence-electron chi connectivity index (χ3n) is 5.41. The summed E-state index contributed by atoms with van der Waals surface area (Å²) in [7, 11) is 0. The number of nitrogens with one attached hydrogen (secondary N) is 3. The van der Waals surface area contributed by atoms with Crippen LogP contribution in [0.3, 0.4) is 0 Å². The largest absolute Gasteiger partial charge is 0.416 e. The van der Waals surface area contributed by atoms with Gasteiger partial charge in [0, 0.05) is 29.4 Å². The van der Waals surface area contributed by atoms with Crippen molar-refractivity contribution in [3.05, 3.63) is 76.5 Å². The summed E-state index contributed by atoms with van der Waals surface area (Å²) >= 11 is 0. The molecule has 172 valence electrons. The van der Waals surface area contributed by atoms with Crippen molar-refractivity contribution in [2.45, 2.75) is 33.4 Å². The second kappa shape index (κ2) is 8.73. The molecule has 0 aliphatic heterocycles. The van der Waals surface area contributed by atoms with Crippen LogP contribution in [0.15, 0.2) is 42.5 Å². The first-order valence-electron chi connectivity index (χ1n) is 10.4. The molecule has 0 bridgehead atoms. The predicted molar refractivity (Wildman–Crippen MR) is 121 cm³/mol. The fraction of sp³-hybridized carbons (Fsp3) is 0.250. The number of hydrogen-bond acceptors (Lipinski definition) is 4. The number of hydrogen-bond donors (Lipinski definition) is 3. The summed E-state index contributed by atoms with van der Waals surface area (Å²) in [5, 5.41) is 7.03. The number of rotatable bonds is 6. The van der Waals surface area contributed by atoms with Crippen LogP contribution < -0.4 is 10.6 Å². The zero-order valence-electron chi connectivity index (χ0n) is 18.4. The molecule has 0 fully saturated rings. The normalized spacial score (nSPS) is 11.7. The number of aryl methyl sites for hydroxylation is 3. The summed E-state index contributed by atoms with van der Waals surface area (Å²) in [6, 6.07) is 9.79. The van der Waals surface area contributed by atoms with Crippen LogP contribution in [0.5, 0.6) is 0 Å². The predicted octanol–water partition coefficient (Wildman–Crippen LogP) is 6.44. The van der Waals surface area contributed by atoms with Crippen LogP contribution in [-0.2, 0) is 12.6 Å². The van der Waals surface area contributed by atoms with Gasteiger partial charge in [0.2, 0.25) is 0 Å². The fourth-order valence-electron chi connectivity index (χ4n) is 3.91. The second-order valence-electron chi connectivity index (χ2n) is 7.91. The van der Waals surface area contributed by atoms with E-state index in [0.29, 0.717) is 35.9 Å². The van der Waals surface area contributed by atoms with Crippen LogP contribution in [0.1, 0.15) is 28.2 Å². The molecule has 2 heterocycles. The highest BCUT2D eigenvalue weighted by Crippen LogP contribution is 2.31. The number of nitrogens with zero attached hydrogens (tertiary/aromatic N) is 2. The molecule has 0 unspecified atom stereocenters. The summed E-state index contributed by atoms with van der Waals surface area (Å²) in [6.07, 6.45) is -3.79. The Bertz CT molecular complexity index is 1310. The van der Waals surface area contributed by atoms with Crippen molar-refractivity contribution in [2.75, 3.05) is 17.2 Å². The molecule has 0 amide bonds. The second-order valence-corrected chi connectivity index (χ2v) is 7.91. The quantitative estimate of drug-likeness (QED) is 0.292. The first-order valence-corrected chi connectivity index (χ1v) is 10.4. The van der Waals surface area contributed by atoms with E-state index in [2.05, 4.69) is 25.6 Å². The summed E-state index contributed by atoms with van der Waals surface area (Å²) in [6.45, 7) is 6.10. The summed E-state index contributed by atoms with van der Waals surface area (Å²) < 4.78 is 53.1. The molecule has 0 saturated heterocycles. The highest BCUT2D eigenvalue weighted by molar-refractivity contribution is 5.88. The maximum Gasteiger partial charge on any atom is 0.416 e. The number of alkyl halides is 3. The van der Waals surface area contributed by atoms with Gasteiger partial charge in [-0.25, -0.2) is 14.4 Å². The molecule has 3 N–H and O–H groups in total. The number of aromatic nitrogens is 3. The highest BCUT2D eigenvalue weighted by atomic mass is 19.4. The van der Waals surface area contributed by atoms with Crippen molar-refractivity contribution >= 4 is 28.2 Å². The van der Waals surface area contributed by atoms with E-state index in [9.17, 15) is 17.6 Å². The number of anilines is 3. The van der Waals surface area contributed by atoms with Gasteiger partial charge in [0.25, 0.3) is 0 Å². The summed E-state index contributed by atoms with van der Waals surface area (Å²) in [4.78, 5) is 11.7.